The number of carbonyl (C=O) groups is 1. The summed E-state index contributed by atoms with van der Waals surface area (Å²) < 4.78 is 0. The number of halogens is 2. The first-order chi connectivity index (χ1) is 8.27. The molecule has 1 unspecified atom stereocenters. The van der Waals surface area contributed by atoms with Crippen LogP contribution in [0.5, 0.6) is 0 Å². The third kappa shape index (κ3) is 4.60. The van der Waals surface area contributed by atoms with Crippen molar-refractivity contribution in [2.24, 2.45) is 0 Å². The Balaban J connectivity index is 0.00000162. The van der Waals surface area contributed by atoms with Crippen LogP contribution in [0.1, 0.15) is 31.2 Å². The molecule has 7 heteroatoms. The van der Waals surface area contributed by atoms with Crippen LogP contribution in [0.2, 0.25) is 0 Å². The van der Waals surface area contributed by atoms with E-state index < -0.39 is 0 Å². The van der Waals surface area contributed by atoms with Gasteiger partial charge in [-0.2, -0.15) is 0 Å². The van der Waals surface area contributed by atoms with Crippen LogP contribution in [0.4, 0.5) is 0 Å². The SMILES string of the molecule is CCC1(C(=O)NCCc2nccs2)CCCN1.Cl.Cl. The molecule has 1 aliphatic heterocycles. The maximum atomic E-state index is 12.1. The van der Waals surface area contributed by atoms with Crippen molar-refractivity contribution in [3.8, 4) is 0 Å². The second kappa shape index (κ2) is 8.74. The first kappa shape index (κ1) is 18.6. The predicted octanol–water partition coefficient (Wildman–Crippen LogP) is 2.18. The smallest absolute Gasteiger partial charge is 0.240 e. The molecular formula is C12H21Cl2N3OS. The largest absolute Gasteiger partial charge is 0.354 e. The third-order valence-corrected chi connectivity index (χ3v) is 4.23. The Morgan fingerprint density at radius 1 is 1.58 bits per heavy atom. The Labute approximate surface area is 130 Å². The summed E-state index contributed by atoms with van der Waals surface area (Å²) in [5.41, 5.74) is -0.317. The molecule has 1 saturated heterocycles. The van der Waals surface area contributed by atoms with Gasteiger partial charge >= 0.3 is 0 Å². The first-order valence-electron chi connectivity index (χ1n) is 6.18. The van der Waals surface area contributed by atoms with Crippen molar-refractivity contribution in [3.63, 3.8) is 0 Å². The Hall–Kier alpha value is -0.360. The van der Waals surface area contributed by atoms with E-state index in [4.69, 9.17) is 0 Å². The molecule has 1 amide bonds. The predicted molar refractivity (Wildman–Crippen MR) is 83.6 cm³/mol. The van der Waals surface area contributed by atoms with Gasteiger partial charge in [-0.15, -0.1) is 36.2 Å². The lowest BCUT2D eigenvalue weighted by Gasteiger charge is -2.26. The van der Waals surface area contributed by atoms with Gasteiger partial charge in [0.05, 0.1) is 10.5 Å². The lowest BCUT2D eigenvalue weighted by Crippen LogP contribution is -2.53. The molecule has 4 nitrogen and oxygen atoms in total. The summed E-state index contributed by atoms with van der Waals surface area (Å²) in [6, 6.07) is 0. The lowest BCUT2D eigenvalue weighted by molar-refractivity contribution is -0.127. The van der Waals surface area contributed by atoms with Crippen molar-refractivity contribution >= 4 is 42.1 Å². The zero-order valence-electron chi connectivity index (χ0n) is 11.0. The number of hydrogen-bond acceptors (Lipinski definition) is 4. The monoisotopic (exact) mass is 325 g/mol. The van der Waals surface area contributed by atoms with Crippen molar-refractivity contribution in [2.75, 3.05) is 13.1 Å². The highest BCUT2D eigenvalue weighted by molar-refractivity contribution is 7.09. The highest BCUT2D eigenvalue weighted by atomic mass is 35.5. The van der Waals surface area contributed by atoms with Gasteiger partial charge in [-0.1, -0.05) is 6.92 Å². The molecular weight excluding hydrogens is 305 g/mol. The second-order valence-corrected chi connectivity index (χ2v) is 5.38. The van der Waals surface area contributed by atoms with Crippen molar-refractivity contribution in [1.82, 2.24) is 15.6 Å². The maximum Gasteiger partial charge on any atom is 0.240 e. The Morgan fingerprint density at radius 3 is 2.89 bits per heavy atom. The van der Waals surface area contributed by atoms with Crippen molar-refractivity contribution in [2.45, 2.75) is 38.1 Å². The fraction of sp³-hybridized carbons (Fsp3) is 0.667. The highest BCUT2D eigenvalue weighted by Crippen LogP contribution is 2.22. The van der Waals surface area contributed by atoms with Gasteiger partial charge in [0.15, 0.2) is 0 Å². The minimum absolute atomic E-state index is 0. The fourth-order valence-corrected chi connectivity index (χ4v) is 2.91. The molecule has 1 fully saturated rings. The van der Waals surface area contributed by atoms with Crippen LogP contribution < -0.4 is 10.6 Å². The minimum Gasteiger partial charge on any atom is -0.354 e. The molecule has 0 saturated carbocycles. The van der Waals surface area contributed by atoms with Crippen LogP contribution in [0.15, 0.2) is 11.6 Å². The molecule has 0 radical (unpaired) electrons. The number of thiazole rings is 1. The molecule has 0 aromatic carbocycles. The Morgan fingerprint density at radius 2 is 2.37 bits per heavy atom. The van der Waals surface area contributed by atoms with Crippen molar-refractivity contribution < 1.29 is 4.79 Å². The van der Waals surface area contributed by atoms with E-state index in [1.165, 1.54) is 0 Å². The van der Waals surface area contributed by atoms with Crippen LogP contribution >= 0.6 is 36.2 Å². The van der Waals surface area contributed by atoms with Gasteiger partial charge in [0.2, 0.25) is 5.91 Å². The summed E-state index contributed by atoms with van der Waals surface area (Å²) in [6.07, 6.45) is 5.52. The molecule has 19 heavy (non-hydrogen) atoms. The quantitative estimate of drug-likeness (QED) is 0.872. The fourth-order valence-electron chi connectivity index (χ4n) is 2.29. The van der Waals surface area contributed by atoms with Crippen LogP contribution in [0, 0.1) is 0 Å². The maximum absolute atomic E-state index is 12.1. The van der Waals surface area contributed by atoms with Gasteiger partial charge in [0.1, 0.15) is 0 Å². The van der Waals surface area contributed by atoms with Crippen molar-refractivity contribution in [3.05, 3.63) is 16.6 Å². The average molecular weight is 326 g/mol. The zero-order chi connectivity index (χ0) is 12.1. The second-order valence-electron chi connectivity index (χ2n) is 4.40. The van der Waals surface area contributed by atoms with E-state index >= 15 is 0 Å². The average Bonchev–Trinajstić information content (AvgIpc) is 3.00. The molecule has 0 bridgehead atoms. The summed E-state index contributed by atoms with van der Waals surface area (Å²) in [5, 5.41) is 9.40. The number of nitrogens with zero attached hydrogens (tertiary/aromatic N) is 1. The lowest BCUT2D eigenvalue weighted by atomic mass is 9.93. The standard InChI is InChI=1S/C12H19N3OS.2ClH/c1-2-12(5-3-6-15-12)11(16)14-7-4-10-13-8-9-17-10;;/h8-9,15H,2-7H2,1H3,(H,14,16);2*1H. The molecule has 0 spiro atoms. The van der Waals surface area contributed by atoms with Gasteiger partial charge in [-0.3, -0.25) is 4.79 Å². The summed E-state index contributed by atoms with van der Waals surface area (Å²) in [6.45, 7) is 3.70. The van der Waals surface area contributed by atoms with Gasteiger partial charge < -0.3 is 10.6 Å². The number of rotatable bonds is 5. The molecule has 1 atom stereocenters. The number of amides is 1. The molecule has 2 N–H and O–H groups in total. The number of nitrogens with one attached hydrogen (secondary N) is 2. The van der Waals surface area contributed by atoms with Crippen molar-refractivity contribution in [1.29, 1.82) is 0 Å². The summed E-state index contributed by atoms with van der Waals surface area (Å²) >= 11 is 1.63. The highest BCUT2D eigenvalue weighted by Gasteiger charge is 2.38. The normalized spacial score (nSPS) is 21.3. The van der Waals surface area contributed by atoms with E-state index in [-0.39, 0.29) is 36.3 Å². The van der Waals surface area contributed by atoms with Crippen LogP contribution in [0.25, 0.3) is 0 Å². The molecule has 2 heterocycles. The van der Waals surface area contributed by atoms with E-state index in [1.807, 2.05) is 5.38 Å². The molecule has 1 aromatic rings. The Bertz CT molecular complexity index is 367. The topological polar surface area (TPSA) is 54.0 Å². The number of carbonyl (C=O) groups excluding carboxylic acids is 1. The molecule has 2 rings (SSSR count). The van der Waals surface area contributed by atoms with E-state index in [9.17, 15) is 4.79 Å². The van der Waals surface area contributed by atoms with E-state index in [1.54, 1.807) is 17.5 Å². The molecule has 0 aliphatic carbocycles. The zero-order valence-corrected chi connectivity index (χ0v) is 13.4. The van der Waals surface area contributed by atoms with Gasteiger partial charge in [-0.25, -0.2) is 4.98 Å². The molecule has 110 valence electrons. The van der Waals surface area contributed by atoms with Gasteiger partial charge in [0.25, 0.3) is 0 Å². The summed E-state index contributed by atoms with van der Waals surface area (Å²) in [7, 11) is 0. The third-order valence-electron chi connectivity index (χ3n) is 3.39. The van der Waals surface area contributed by atoms with Gasteiger partial charge in [-0.05, 0) is 25.8 Å². The number of hydrogen-bond donors (Lipinski definition) is 2. The molecule has 1 aliphatic rings. The van der Waals surface area contributed by atoms with E-state index in [0.29, 0.717) is 6.54 Å². The Kier molecular flexibility index (Phi) is 8.57. The summed E-state index contributed by atoms with van der Waals surface area (Å²) in [5.74, 6) is 0.147. The van der Waals surface area contributed by atoms with Crippen LogP contribution in [-0.4, -0.2) is 29.5 Å². The minimum atomic E-state index is -0.317. The molecule has 1 aromatic heterocycles. The summed E-state index contributed by atoms with van der Waals surface area (Å²) in [4.78, 5) is 16.3. The van der Waals surface area contributed by atoms with Gasteiger partial charge in [0, 0.05) is 24.5 Å². The van der Waals surface area contributed by atoms with E-state index in [2.05, 4.69) is 22.5 Å². The first-order valence-corrected chi connectivity index (χ1v) is 7.06. The van der Waals surface area contributed by atoms with E-state index in [0.717, 1.165) is 37.2 Å². The van der Waals surface area contributed by atoms with Crippen LogP contribution in [0.3, 0.4) is 0 Å². The van der Waals surface area contributed by atoms with Crippen LogP contribution in [-0.2, 0) is 11.2 Å². The number of aromatic nitrogens is 1.